The SMILES string of the molecule is CC.CCCC1CCN(CCCC(C)(C)C)CC1. The lowest BCUT2D eigenvalue weighted by molar-refractivity contribution is 0.169. The Morgan fingerprint density at radius 2 is 1.61 bits per heavy atom. The lowest BCUT2D eigenvalue weighted by Gasteiger charge is -2.32. The third-order valence-electron chi connectivity index (χ3n) is 3.81. The Balaban J connectivity index is 0.00000137. The van der Waals surface area contributed by atoms with Crippen LogP contribution in [0.4, 0.5) is 0 Å². The van der Waals surface area contributed by atoms with Crippen LogP contribution in [-0.4, -0.2) is 24.5 Å². The van der Waals surface area contributed by atoms with E-state index in [2.05, 4.69) is 32.6 Å². The molecular weight excluding hydrogens is 218 g/mol. The van der Waals surface area contributed by atoms with Gasteiger partial charge >= 0.3 is 0 Å². The predicted molar refractivity (Wildman–Crippen MR) is 84.1 cm³/mol. The number of hydrogen-bond acceptors (Lipinski definition) is 1. The predicted octanol–water partition coefficient (Wildman–Crippen LogP) is 5.35. The first kappa shape index (κ1) is 18.0. The molecule has 0 spiro atoms. The zero-order valence-electron chi connectivity index (χ0n) is 13.9. The van der Waals surface area contributed by atoms with Crippen molar-refractivity contribution in [3.05, 3.63) is 0 Å². The van der Waals surface area contributed by atoms with Crippen molar-refractivity contribution in [3.8, 4) is 0 Å². The van der Waals surface area contributed by atoms with Crippen LogP contribution in [0, 0.1) is 11.3 Å². The topological polar surface area (TPSA) is 3.24 Å². The van der Waals surface area contributed by atoms with Gasteiger partial charge in [0.1, 0.15) is 0 Å². The zero-order chi connectivity index (χ0) is 14.0. The molecule has 0 aromatic heterocycles. The highest BCUT2D eigenvalue weighted by Crippen LogP contribution is 2.24. The van der Waals surface area contributed by atoms with Gasteiger partial charge < -0.3 is 4.90 Å². The van der Waals surface area contributed by atoms with E-state index in [0.29, 0.717) is 5.41 Å². The molecule has 1 heterocycles. The minimum atomic E-state index is 0.514. The van der Waals surface area contributed by atoms with Gasteiger partial charge in [0.15, 0.2) is 0 Å². The molecule has 0 unspecified atom stereocenters. The fourth-order valence-corrected chi connectivity index (χ4v) is 2.74. The monoisotopic (exact) mass is 255 g/mol. The van der Waals surface area contributed by atoms with E-state index in [1.165, 1.54) is 58.2 Å². The Bertz CT molecular complexity index is 173. The summed E-state index contributed by atoms with van der Waals surface area (Å²) in [6.07, 6.45) is 8.46. The van der Waals surface area contributed by atoms with E-state index in [4.69, 9.17) is 0 Å². The Morgan fingerprint density at radius 1 is 1.06 bits per heavy atom. The van der Waals surface area contributed by atoms with Crippen LogP contribution in [-0.2, 0) is 0 Å². The average Bonchev–Trinajstić information content (AvgIpc) is 2.33. The van der Waals surface area contributed by atoms with Crippen molar-refractivity contribution in [3.63, 3.8) is 0 Å². The molecule has 0 aromatic carbocycles. The largest absolute Gasteiger partial charge is 0.303 e. The molecule has 1 nitrogen and oxygen atoms in total. The van der Waals surface area contributed by atoms with E-state index < -0.39 is 0 Å². The molecule has 0 atom stereocenters. The zero-order valence-corrected chi connectivity index (χ0v) is 13.9. The van der Waals surface area contributed by atoms with Gasteiger partial charge in [0.05, 0.1) is 0 Å². The molecule has 1 heteroatoms. The summed E-state index contributed by atoms with van der Waals surface area (Å²) in [5, 5.41) is 0. The molecule has 110 valence electrons. The second-order valence-corrected chi connectivity index (χ2v) is 6.74. The minimum Gasteiger partial charge on any atom is -0.303 e. The molecule has 1 fully saturated rings. The molecule has 0 aromatic rings. The maximum absolute atomic E-state index is 2.68. The van der Waals surface area contributed by atoms with E-state index >= 15 is 0 Å². The molecule has 0 radical (unpaired) electrons. The van der Waals surface area contributed by atoms with Crippen molar-refractivity contribution in [1.29, 1.82) is 0 Å². The van der Waals surface area contributed by atoms with E-state index in [9.17, 15) is 0 Å². The molecule has 0 amide bonds. The third kappa shape index (κ3) is 8.97. The first-order valence-corrected chi connectivity index (χ1v) is 8.23. The van der Waals surface area contributed by atoms with Crippen LogP contribution >= 0.6 is 0 Å². The second kappa shape index (κ2) is 9.83. The maximum atomic E-state index is 2.68. The van der Waals surface area contributed by atoms with Crippen LogP contribution in [0.15, 0.2) is 0 Å². The molecule has 1 saturated heterocycles. The van der Waals surface area contributed by atoms with Crippen LogP contribution in [0.5, 0.6) is 0 Å². The summed E-state index contributed by atoms with van der Waals surface area (Å²) in [6, 6.07) is 0. The Morgan fingerprint density at radius 3 is 2.06 bits per heavy atom. The summed E-state index contributed by atoms with van der Waals surface area (Å²) < 4.78 is 0. The van der Waals surface area contributed by atoms with Crippen molar-refractivity contribution in [2.75, 3.05) is 19.6 Å². The Hall–Kier alpha value is -0.0400. The highest BCUT2D eigenvalue weighted by atomic mass is 15.1. The van der Waals surface area contributed by atoms with Crippen molar-refractivity contribution < 1.29 is 0 Å². The van der Waals surface area contributed by atoms with Gasteiger partial charge in [-0.25, -0.2) is 0 Å². The highest BCUT2D eigenvalue weighted by Gasteiger charge is 2.18. The van der Waals surface area contributed by atoms with E-state index in [1.807, 2.05) is 13.8 Å². The lowest BCUT2D eigenvalue weighted by Crippen LogP contribution is -2.34. The van der Waals surface area contributed by atoms with E-state index in [-0.39, 0.29) is 0 Å². The molecule has 1 aliphatic rings. The normalized spacial score (nSPS) is 18.3. The summed E-state index contributed by atoms with van der Waals surface area (Å²) in [5.74, 6) is 1.03. The average molecular weight is 255 g/mol. The summed E-state index contributed by atoms with van der Waals surface area (Å²) >= 11 is 0. The molecule has 0 bridgehead atoms. The quantitative estimate of drug-likeness (QED) is 0.640. The second-order valence-electron chi connectivity index (χ2n) is 6.74. The van der Waals surface area contributed by atoms with Gasteiger partial charge in [-0.2, -0.15) is 0 Å². The minimum absolute atomic E-state index is 0.514. The number of rotatable bonds is 5. The van der Waals surface area contributed by atoms with Crippen LogP contribution in [0.25, 0.3) is 0 Å². The van der Waals surface area contributed by atoms with Gasteiger partial charge in [-0.05, 0) is 56.7 Å². The van der Waals surface area contributed by atoms with Gasteiger partial charge in [0, 0.05) is 0 Å². The molecule has 1 rings (SSSR count). The number of hydrogen-bond donors (Lipinski definition) is 0. The van der Waals surface area contributed by atoms with Crippen molar-refractivity contribution in [2.24, 2.45) is 11.3 Å². The summed E-state index contributed by atoms with van der Waals surface area (Å²) in [5.41, 5.74) is 0.514. The first-order valence-electron chi connectivity index (χ1n) is 8.23. The first-order chi connectivity index (χ1) is 8.51. The molecule has 18 heavy (non-hydrogen) atoms. The molecule has 0 N–H and O–H groups in total. The summed E-state index contributed by atoms with van der Waals surface area (Å²) in [7, 11) is 0. The summed E-state index contributed by atoms with van der Waals surface area (Å²) in [6.45, 7) is 17.4. The molecule has 0 saturated carbocycles. The van der Waals surface area contributed by atoms with Crippen LogP contribution in [0.1, 0.15) is 80.1 Å². The number of nitrogens with zero attached hydrogens (tertiary/aromatic N) is 1. The molecule has 1 aliphatic heterocycles. The fourth-order valence-electron chi connectivity index (χ4n) is 2.74. The van der Waals surface area contributed by atoms with Crippen LogP contribution in [0.2, 0.25) is 0 Å². The van der Waals surface area contributed by atoms with Gasteiger partial charge in [0.25, 0.3) is 0 Å². The maximum Gasteiger partial charge on any atom is -0.00161 e. The third-order valence-corrected chi connectivity index (χ3v) is 3.81. The van der Waals surface area contributed by atoms with Crippen molar-refractivity contribution >= 4 is 0 Å². The fraction of sp³-hybridized carbons (Fsp3) is 1.00. The highest BCUT2D eigenvalue weighted by molar-refractivity contribution is 4.72. The Kier molecular flexibility index (Phi) is 9.81. The van der Waals surface area contributed by atoms with Gasteiger partial charge in [-0.1, -0.05) is 54.4 Å². The van der Waals surface area contributed by atoms with Gasteiger partial charge in [-0.3, -0.25) is 0 Å². The summed E-state index contributed by atoms with van der Waals surface area (Å²) in [4.78, 5) is 2.68. The Labute approximate surface area is 116 Å². The van der Waals surface area contributed by atoms with E-state index in [0.717, 1.165) is 5.92 Å². The van der Waals surface area contributed by atoms with Crippen molar-refractivity contribution in [1.82, 2.24) is 4.90 Å². The van der Waals surface area contributed by atoms with Crippen LogP contribution < -0.4 is 0 Å². The van der Waals surface area contributed by atoms with Gasteiger partial charge in [-0.15, -0.1) is 0 Å². The smallest absolute Gasteiger partial charge is 0.00161 e. The molecule has 0 aliphatic carbocycles. The van der Waals surface area contributed by atoms with Crippen molar-refractivity contribution in [2.45, 2.75) is 80.1 Å². The van der Waals surface area contributed by atoms with E-state index in [1.54, 1.807) is 0 Å². The van der Waals surface area contributed by atoms with Crippen LogP contribution in [0.3, 0.4) is 0 Å². The molecular formula is C17H37N. The standard InChI is InChI=1S/C15H31N.C2H6/c1-5-7-14-8-12-16(13-9-14)11-6-10-15(2,3)4;1-2/h14H,5-13H2,1-4H3;1-2H3. The number of piperidine rings is 1. The number of likely N-dealkylation sites (tertiary alicyclic amines) is 1. The van der Waals surface area contributed by atoms with Gasteiger partial charge in [0.2, 0.25) is 0 Å². The lowest BCUT2D eigenvalue weighted by atomic mass is 9.89.